The van der Waals surface area contributed by atoms with Gasteiger partial charge >= 0.3 is 0 Å². The number of fused-ring (bicyclic) bond motifs is 1. The minimum absolute atomic E-state index is 0.249. The molecule has 0 bridgehead atoms. The largest absolute Gasteiger partial charge is 0.493 e. The summed E-state index contributed by atoms with van der Waals surface area (Å²) < 4.78 is 17.6. The molecule has 0 saturated carbocycles. The fourth-order valence-corrected chi connectivity index (χ4v) is 4.53. The van der Waals surface area contributed by atoms with E-state index < -0.39 is 0 Å². The van der Waals surface area contributed by atoms with Crippen LogP contribution >= 0.6 is 0 Å². The second kappa shape index (κ2) is 9.82. The molecule has 2 aromatic rings. The van der Waals surface area contributed by atoms with E-state index in [2.05, 4.69) is 62.5 Å². The van der Waals surface area contributed by atoms with Crippen LogP contribution in [0, 0.1) is 6.92 Å². The molecule has 0 aromatic heterocycles. The number of nitrogens with one attached hydrogen (secondary N) is 1. The van der Waals surface area contributed by atoms with Crippen LogP contribution in [0.1, 0.15) is 42.1 Å². The zero-order valence-corrected chi connectivity index (χ0v) is 18.6. The Morgan fingerprint density at radius 1 is 1.17 bits per heavy atom. The fourth-order valence-electron chi connectivity index (χ4n) is 4.53. The summed E-state index contributed by atoms with van der Waals surface area (Å²) in [5.74, 6) is 2.03. The van der Waals surface area contributed by atoms with Gasteiger partial charge in [-0.3, -0.25) is 0 Å². The molecule has 162 valence electrons. The first-order valence-corrected chi connectivity index (χ1v) is 11.4. The van der Waals surface area contributed by atoms with Gasteiger partial charge in [0, 0.05) is 17.5 Å². The molecule has 0 amide bonds. The molecule has 1 fully saturated rings. The predicted octanol–water partition coefficient (Wildman–Crippen LogP) is 1.44. The average molecular weight is 413 g/mol. The van der Waals surface area contributed by atoms with Crippen molar-refractivity contribution in [3.05, 3.63) is 58.7 Å². The molecule has 4 rings (SSSR count). The minimum atomic E-state index is 0.249. The van der Waals surface area contributed by atoms with E-state index in [0.717, 1.165) is 57.3 Å². The van der Waals surface area contributed by atoms with Gasteiger partial charge < -0.3 is 24.4 Å². The van der Waals surface area contributed by atoms with Crippen molar-refractivity contribution in [1.82, 2.24) is 0 Å². The zero-order valence-electron chi connectivity index (χ0n) is 18.6. The van der Waals surface area contributed by atoms with Crippen molar-refractivity contribution in [1.29, 1.82) is 0 Å². The summed E-state index contributed by atoms with van der Waals surface area (Å²) in [6.45, 7) is 12.9. The van der Waals surface area contributed by atoms with Gasteiger partial charge in [-0.15, -0.1) is 0 Å². The van der Waals surface area contributed by atoms with Gasteiger partial charge in [0.25, 0.3) is 0 Å². The highest BCUT2D eigenvalue weighted by molar-refractivity contribution is 5.48. The number of aryl methyl sites for hydroxylation is 1. The highest BCUT2D eigenvalue weighted by atomic mass is 16.5. The molecular weight excluding hydrogens is 376 g/mol. The van der Waals surface area contributed by atoms with Gasteiger partial charge in [0.15, 0.2) is 6.04 Å². The van der Waals surface area contributed by atoms with E-state index in [1.165, 1.54) is 22.3 Å². The lowest BCUT2D eigenvalue weighted by Crippen LogP contribution is -3.16. The molecule has 2 heterocycles. The van der Waals surface area contributed by atoms with Crippen molar-refractivity contribution >= 4 is 0 Å². The Bertz CT molecular complexity index is 831. The fraction of sp³-hybridized carbons (Fsp3) is 0.520. The lowest BCUT2D eigenvalue weighted by Gasteiger charge is -2.27. The number of morpholine rings is 1. The molecule has 5 nitrogen and oxygen atoms in total. The monoisotopic (exact) mass is 412 g/mol. The molecule has 30 heavy (non-hydrogen) atoms. The molecule has 2 aromatic carbocycles. The average Bonchev–Trinajstić information content (AvgIpc) is 3.11. The smallest absolute Gasteiger partial charge is 0.161 e. The van der Waals surface area contributed by atoms with E-state index >= 15 is 0 Å². The van der Waals surface area contributed by atoms with Crippen LogP contribution in [-0.4, -0.2) is 45.6 Å². The van der Waals surface area contributed by atoms with Crippen LogP contribution in [-0.2, 0) is 17.7 Å². The number of ether oxygens (including phenoxy) is 3. The molecule has 2 aliphatic rings. The van der Waals surface area contributed by atoms with Gasteiger partial charge in [0.2, 0.25) is 0 Å². The number of nitrogens with two attached hydrogens (primary N) is 1. The van der Waals surface area contributed by atoms with Gasteiger partial charge in [-0.1, -0.05) is 29.8 Å². The number of hydrogen-bond donors (Lipinski definition) is 2. The maximum absolute atomic E-state index is 6.02. The molecule has 0 unspecified atom stereocenters. The molecule has 3 N–H and O–H groups in total. The number of quaternary nitrogens is 2. The molecule has 2 aliphatic heterocycles. The molecule has 0 spiro atoms. The standard InChI is InChI=1S/C25H34N2O3/c1-4-29-24-14-21-13-19(3)30-25(21)15-22(24)16-26-23(17-27-9-11-28-12-10-27)20-7-5-18(2)6-8-20/h5-8,14-15,19,23,26H,4,9-13,16-17H2,1-3H3/p+2/t19-,23-/m0/s1. The third-order valence-electron chi connectivity index (χ3n) is 6.22. The number of rotatable bonds is 8. The van der Waals surface area contributed by atoms with Crippen LogP contribution in [0.25, 0.3) is 0 Å². The Kier molecular flexibility index (Phi) is 6.93. The van der Waals surface area contributed by atoms with Gasteiger partial charge in [0.1, 0.15) is 43.8 Å². The Morgan fingerprint density at radius 2 is 1.93 bits per heavy atom. The van der Waals surface area contributed by atoms with Gasteiger partial charge in [0.05, 0.1) is 25.4 Å². The third kappa shape index (κ3) is 5.15. The normalized spacial score (nSPS) is 19.9. The summed E-state index contributed by atoms with van der Waals surface area (Å²) in [7, 11) is 0. The summed E-state index contributed by atoms with van der Waals surface area (Å²) in [5, 5.41) is 2.47. The first-order valence-electron chi connectivity index (χ1n) is 11.4. The van der Waals surface area contributed by atoms with E-state index in [4.69, 9.17) is 14.2 Å². The van der Waals surface area contributed by atoms with Crippen LogP contribution in [0.5, 0.6) is 11.5 Å². The molecular formula is C25H36N2O3+2. The molecule has 0 radical (unpaired) electrons. The second-order valence-corrected chi connectivity index (χ2v) is 8.66. The maximum Gasteiger partial charge on any atom is 0.161 e. The van der Waals surface area contributed by atoms with E-state index in [1.807, 2.05) is 0 Å². The van der Waals surface area contributed by atoms with Crippen molar-refractivity contribution in [2.24, 2.45) is 0 Å². The summed E-state index contributed by atoms with van der Waals surface area (Å²) in [6.07, 6.45) is 1.21. The van der Waals surface area contributed by atoms with E-state index in [-0.39, 0.29) is 6.10 Å². The van der Waals surface area contributed by atoms with Gasteiger partial charge in [-0.05, 0) is 32.9 Å². The second-order valence-electron chi connectivity index (χ2n) is 8.66. The lowest BCUT2D eigenvalue weighted by molar-refractivity contribution is -0.929. The van der Waals surface area contributed by atoms with Crippen molar-refractivity contribution in [2.75, 3.05) is 39.5 Å². The summed E-state index contributed by atoms with van der Waals surface area (Å²) in [4.78, 5) is 1.62. The SMILES string of the molecule is CCOc1cc2c(cc1C[NH2+][C@@H](C[NH+]1CCOCC1)c1ccc(C)cc1)O[C@@H](C)C2. The minimum Gasteiger partial charge on any atom is -0.493 e. The molecule has 5 heteroatoms. The first-order chi connectivity index (χ1) is 14.6. The maximum atomic E-state index is 6.02. The highest BCUT2D eigenvalue weighted by Crippen LogP contribution is 2.34. The third-order valence-corrected chi connectivity index (χ3v) is 6.22. The molecule has 1 saturated heterocycles. The van der Waals surface area contributed by atoms with Crippen molar-refractivity contribution in [3.63, 3.8) is 0 Å². The number of hydrogen-bond acceptors (Lipinski definition) is 3. The first kappa shape index (κ1) is 21.2. The van der Waals surface area contributed by atoms with Crippen molar-refractivity contribution in [2.45, 2.75) is 45.9 Å². The van der Waals surface area contributed by atoms with Gasteiger partial charge in [-0.2, -0.15) is 0 Å². The predicted molar refractivity (Wildman–Crippen MR) is 117 cm³/mol. The number of benzene rings is 2. The van der Waals surface area contributed by atoms with Crippen LogP contribution in [0.15, 0.2) is 36.4 Å². The molecule has 2 atom stereocenters. The van der Waals surface area contributed by atoms with Crippen molar-refractivity contribution < 1.29 is 24.4 Å². The van der Waals surface area contributed by atoms with E-state index in [9.17, 15) is 0 Å². The quantitative estimate of drug-likeness (QED) is 0.690. The van der Waals surface area contributed by atoms with Crippen LogP contribution in [0.2, 0.25) is 0 Å². The van der Waals surface area contributed by atoms with E-state index in [0.29, 0.717) is 12.6 Å². The Balaban J connectivity index is 1.52. The van der Waals surface area contributed by atoms with Crippen LogP contribution in [0.3, 0.4) is 0 Å². The van der Waals surface area contributed by atoms with E-state index in [1.54, 1.807) is 4.90 Å². The lowest BCUT2D eigenvalue weighted by atomic mass is 10.0. The van der Waals surface area contributed by atoms with Crippen LogP contribution < -0.4 is 19.7 Å². The zero-order chi connectivity index (χ0) is 20.9. The summed E-state index contributed by atoms with van der Waals surface area (Å²) >= 11 is 0. The summed E-state index contributed by atoms with van der Waals surface area (Å²) in [6, 6.07) is 13.8. The Morgan fingerprint density at radius 3 is 2.67 bits per heavy atom. The Hall–Kier alpha value is -2.08. The highest BCUT2D eigenvalue weighted by Gasteiger charge is 2.26. The Labute approximate surface area is 180 Å². The van der Waals surface area contributed by atoms with Crippen molar-refractivity contribution in [3.8, 4) is 11.5 Å². The van der Waals surface area contributed by atoms with Gasteiger partial charge in [-0.25, -0.2) is 0 Å². The summed E-state index contributed by atoms with van der Waals surface area (Å²) in [5.41, 5.74) is 5.18. The topological polar surface area (TPSA) is 48.7 Å². The van der Waals surface area contributed by atoms with Crippen LogP contribution in [0.4, 0.5) is 0 Å². The molecule has 0 aliphatic carbocycles.